The molecule has 1 aliphatic heterocycles. The molecule has 2 aromatic rings. The Morgan fingerprint density at radius 1 is 1.23 bits per heavy atom. The van der Waals surface area contributed by atoms with Gasteiger partial charge in [-0.2, -0.15) is 4.39 Å². The highest BCUT2D eigenvalue weighted by molar-refractivity contribution is 6.35. The largest absolute Gasteiger partial charge is 0.489 e. The van der Waals surface area contributed by atoms with Gasteiger partial charge in [0.25, 0.3) is 0 Å². The van der Waals surface area contributed by atoms with Crippen LogP contribution in [0.5, 0.6) is 5.75 Å². The monoisotopic (exact) mass is 323 g/mol. The van der Waals surface area contributed by atoms with Gasteiger partial charge in [0.2, 0.25) is 5.95 Å². The van der Waals surface area contributed by atoms with Crippen molar-refractivity contribution >= 4 is 23.2 Å². The summed E-state index contributed by atoms with van der Waals surface area (Å²) in [5, 5.41) is 0.379. The van der Waals surface area contributed by atoms with E-state index in [0.29, 0.717) is 16.6 Å². The Labute approximate surface area is 132 Å². The van der Waals surface area contributed by atoms with Gasteiger partial charge in [-0.15, -0.1) is 0 Å². The first-order valence-electron chi connectivity index (χ1n) is 6.92. The molecule has 0 amide bonds. The smallest absolute Gasteiger partial charge is 0.213 e. The SMILES string of the molecule is Nc1ncnc(N2CCC(Oc3ccc(F)nc3)CC2)c1Cl. The molecule has 0 spiro atoms. The minimum absolute atomic E-state index is 0.0569. The summed E-state index contributed by atoms with van der Waals surface area (Å²) in [6, 6.07) is 2.87. The van der Waals surface area contributed by atoms with E-state index in [-0.39, 0.29) is 11.9 Å². The minimum Gasteiger partial charge on any atom is -0.489 e. The number of halogens is 2. The molecule has 116 valence electrons. The highest BCUT2D eigenvalue weighted by Crippen LogP contribution is 2.29. The van der Waals surface area contributed by atoms with Gasteiger partial charge in [0.1, 0.15) is 29.0 Å². The lowest BCUT2D eigenvalue weighted by molar-refractivity contribution is 0.170. The predicted octanol–water partition coefficient (Wildman–Crippen LogP) is 2.29. The average Bonchev–Trinajstić information content (AvgIpc) is 2.53. The lowest BCUT2D eigenvalue weighted by atomic mass is 10.1. The summed E-state index contributed by atoms with van der Waals surface area (Å²) in [6.07, 6.45) is 4.46. The standard InChI is InChI=1S/C14H15ClFN5O/c15-12-13(17)19-8-20-14(12)21-5-3-9(4-6-21)22-10-1-2-11(16)18-7-10/h1-2,7-9H,3-6H2,(H2,17,19,20). The lowest BCUT2D eigenvalue weighted by Crippen LogP contribution is -2.39. The molecule has 0 saturated carbocycles. The van der Waals surface area contributed by atoms with Gasteiger partial charge in [0.15, 0.2) is 5.82 Å². The lowest BCUT2D eigenvalue weighted by Gasteiger charge is -2.33. The Kier molecular flexibility index (Phi) is 4.24. The third-order valence-corrected chi connectivity index (χ3v) is 3.91. The maximum Gasteiger partial charge on any atom is 0.213 e. The summed E-state index contributed by atoms with van der Waals surface area (Å²) in [6.45, 7) is 1.49. The van der Waals surface area contributed by atoms with E-state index in [9.17, 15) is 4.39 Å². The highest BCUT2D eigenvalue weighted by Gasteiger charge is 2.23. The molecule has 0 aliphatic carbocycles. The van der Waals surface area contributed by atoms with Crippen LogP contribution in [0.15, 0.2) is 24.7 Å². The van der Waals surface area contributed by atoms with Gasteiger partial charge in [-0.1, -0.05) is 11.6 Å². The minimum atomic E-state index is -0.516. The molecular formula is C14H15ClFN5O. The number of nitrogen functional groups attached to an aromatic ring is 1. The third-order valence-electron chi connectivity index (χ3n) is 3.54. The summed E-state index contributed by atoms with van der Waals surface area (Å²) < 4.78 is 18.6. The van der Waals surface area contributed by atoms with E-state index in [1.807, 2.05) is 0 Å². The molecule has 0 aromatic carbocycles. The predicted molar refractivity (Wildman–Crippen MR) is 81.5 cm³/mol. The van der Waals surface area contributed by atoms with Gasteiger partial charge in [0.05, 0.1) is 6.20 Å². The molecule has 8 heteroatoms. The number of ether oxygens (including phenoxy) is 1. The Morgan fingerprint density at radius 3 is 2.68 bits per heavy atom. The van der Waals surface area contributed by atoms with Crippen LogP contribution >= 0.6 is 11.6 Å². The van der Waals surface area contributed by atoms with Crippen LogP contribution in [0.4, 0.5) is 16.0 Å². The van der Waals surface area contributed by atoms with Gasteiger partial charge in [0, 0.05) is 25.9 Å². The number of nitrogens with two attached hydrogens (primary N) is 1. The van der Waals surface area contributed by atoms with Crippen molar-refractivity contribution in [2.24, 2.45) is 0 Å². The molecule has 22 heavy (non-hydrogen) atoms. The van der Waals surface area contributed by atoms with Crippen molar-refractivity contribution < 1.29 is 9.13 Å². The number of anilines is 2. The molecule has 1 fully saturated rings. The summed E-state index contributed by atoms with van der Waals surface area (Å²) in [5.74, 6) is 0.987. The number of piperidine rings is 1. The van der Waals surface area contributed by atoms with Gasteiger partial charge < -0.3 is 15.4 Å². The van der Waals surface area contributed by atoms with E-state index in [4.69, 9.17) is 22.1 Å². The van der Waals surface area contributed by atoms with Crippen molar-refractivity contribution in [3.63, 3.8) is 0 Å². The molecule has 2 N–H and O–H groups in total. The van der Waals surface area contributed by atoms with Crippen LogP contribution < -0.4 is 15.4 Å². The molecule has 1 saturated heterocycles. The Bertz CT molecular complexity index is 646. The van der Waals surface area contributed by atoms with Crippen LogP contribution in [0, 0.1) is 5.95 Å². The van der Waals surface area contributed by atoms with Crippen LogP contribution in [0.25, 0.3) is 0 Å². The number of nitrogens with zero attached hydrogens (tertiary/aromatic N) is 4. The maximum atomic E-state index is 12.8. The Hall–Kier alpha value is -2.15. The number of aromatic nitrogens is 3. The maximum absolute atomic E-state index is 12.8. The fraction of sp³-hybridized carbons (Fsp3) is 0.357. The summed E-state index contributed by atoms with van der Waals surface area (Å²) >= 11 is 6.14. The van der Waals surface area contributed by atoms with Gasteiger partial charge in [-0.05, 0) is 12.1 Å². The highest BCUT2D eigenvalue weighted by atomic mass is 35.5. The van der Waals surface area contributed by atoms with E-state index in [0.717, 1.165) is 25.9 Å². The van der Waals surface area contributed by atoms with E-state index in [1.165, 1.54) is 18.6 Å². The molecular weight excluding hydrogens is 309 g/mol. The zero-order chi connectivity index (χ0) is 15.5. The second-order valence-electron chi connectivity index (χ2n) is 5.02. The third kappa shape index (κ3) is 3.19. The molecule has 3 rings (SSSR count). The number of rotatable bonds is 3. The van der Waals surface area contributed by atoms with Crippen LogP contribution in [0.1, 0.15) is 12.8 Å². The summed E-state index contributed by atoms with van der Waals surface area (Å²) in [4.78, 5) is 13.7. The molecule has 0 radical (unpaired) electrons. The normalized spacial score (nSPS) is 15.8. The fourth-order valence-corrected chi connectivity index (χ4v) is 2.62. The molecule has 0 bridgehead atoms. The molecule has 1 aliphatic rings. The second kappa shape index (κ2) is 6.31. The summed E-state index contributed by atoms with van der Waals surface area (Å²) in [5.41, 5.74) is 5.70. The van der Waals surface area contributed by atoms with Crippen molar-refractivity contribution in [2.45, 2.75) is 18.9 Å². The van der Waals surface area contributed by atoms with E-state index >= 15 is 0 Å². The van der Waals surface area contributed by atoms with Crippen molar-refractivity contribution in [1.82, 2.24) is 15.0 Å². The second-order valence-corrected chi connectivity index (χ2v) is 5.40. The quantitative estimate of drug-likeness (QED) is 0.873. The van der Waals surface area contributed by atoms with Crippen LogP contribution in [-0.4, -0.2) is 34.1 Å². The van der Waals surface area contributed by atoms with Crippen LogP contribution in [-0.2, 0) is 0 Å². The Morgan fingerprint density at radius 2 is 2.00 bits per heavy atom. The van der Waals surface area contributed by atoms with E-state index in [1.54, 1.807) is 6.07 Å². The first-order chi connectivity index (χ1) is 10.6. The number of hydrogen-bond acceptors (Lipinski definition) is 6. The first kappa shape index (κ1) is 14.8. The fourth-order valence-electron chi connectivity index (χ4n) is 2.40. The topological polar surface area (TPSA) is 77.2 Å². The number of pyridine rings is 1. The first-order valence-corrected chi connectivity index (χ1v) is 7.30. The zero-order valence-electron chi connectivity index (χ0n) is 11.7. The number of hydrogen-bond donors (Lipinski definition) is 1. The molecule has 0 atom stereocenters. The molecule has 2 aromatic heterocycles. The van der Waals surface area contributed by atoms with Crippen LogP contribution in [0.2, 0.25) is 5.02 Å². The molecule has 3 heterocycles. The summed E-state index contributed by atoms with van der Waals surface area (Å²) in [7, 11) is 0. The van der Waals surface area contributed by atoms with E-state index < -0.39 is 5.95 Å². The van der Waals surface area contributed by atoms with Gasteiger partial charge in [-0.25, -0.2) is 15.0 Å². The van der Waals surface area contributed by atoms with Crippen molar-refractivity contribution in [2.75, 3.05) is 23.7 Å². The molecule has 0 unspecified atom stereocenters. The van der Waals surface area contributed by atoms with Gasteiger partial charge in [-0.3, -0.25) is 0 Å². The van der Waals surface area contributed by atoms with Crippen molar-refractivity contribution in [1.29, 1.82) is 0 Å². The zero-order valence-corrected chi connectivity index (χ0v) is 12.5. The van der Waals surface area contributed by atoms with E-state index in [2.05, 4.69) is 19.9 Å². The van der Waals surface area contributed by atoms with Gasteiger partial charge >= 0.3 is 0 Å². The molecule has 6 nitrogen and oxygen atoms in total. The Balaban J connectivity index is 1.60. The van der Waals surface area contributed by atoms with Crippen molar-refractivity contribution in [3.8, 4) is 5.75 Å². The average molecular weight is 324 g/mol. The van der Waals surface area contributed by atoms with Crippen LogP contribution in [0.3, 0.4) is 0 Å². The van der Waals surface area contributed by atoms with Crippen molar-refractivity contribution in [3.05, 3.63) is 35.6 Å².